The fraction of sp³-hybridized carbons (Fsp3) is 0.421. The Kier molecular flexibility index (Phi) is 5.83. The number of amides is 1. The summed E-state index contributed by atoms with van der Waals surface area (Å²) < 4.78 is 19.0. The Hall–Kier alpha value is -2.18. The van der Waals surface area contributed by atoms with Crippen LogP contribution in [0.4, 0.5) is 4.39 Å². The molecule has 1 aromatic heterocycles. The summed E-state index contributed by atoms with van der Waals surface area (Å²) in [6, 6.07) is 13.0. The molecular weight excluding hydrogens is 323 g/mol. The highest BCUT2D eigenvalue weighted by Gasteiger charge is 2.33. The molecule has 1 saturated heterocycles. The molecule has 0 radical (unpaired) electrons. The van der Waals surface area contributed by atoms with Crippen LogP contribution in [0.1, 0.15) is 17.7 Å². The monoisotopic (exact) mass is 346 g/mol. The molecule has 0 spiro atoms. The van der Waals surface area contributed by atoms with Crippen molar-refractivity contribution in [2.45, 2.75) is 31.7 Å². The number of carbonyl (C=O) groups is 1. The van der Waals surface area contributed by atoms with E-state index >= 15 is 0 Å². The molecular formula is C19H23FN2O3. The third-order valence-electron chi connectivity index (χ3n) is 4.52. The Labute approximate surface area is 146 Å². The van der Waals surface area contributed by atoms with Gasteiger partial charge in [0.05, 0.1) is 26.0 Å². The van der Waals surface area contributed by atoms with E-state index in [4.69, 9.17) is 4.42 Å². The van der Waals surface area contributed by atoms with Crippen molar-refractivity contribution < 1.29 is 18.7 Å². The van der Waals surface area contributed by atoms with Crippen LogP contribution in [-0.4, -0.2) is 52.7 Å². The lowest BCUT2D eigenvalue weighted by Gasteiger charge is -2.27. The van der Waals surface area contributed by atoms with Gasteiger partial charge in [0.15, 0.2) is 0 Å². The maximum absolute atomic E-state index is 13.6. The van der Waals surface area contributed by atoms with Crippen molar-refractivity contribution in [3.8, 4) is 0 Å². The largest absolute Gasteiger partial charge is 0.467 e. The second kappa shape index (κ2) is 8.27. The summed E-state index contributed by atoms with van der Waals surface area (Å²) >= 11 is 0. The molecule has 3 rings (SSSR count). The molecule has 0 bridgehead atoms. The summed E-state index contributed by atoms with van der Waals surface area (Å²) in [5.41, 5.74) is 1.02. The molecule has 5 nitrogen and oxygen atoms in total. The minimum Gasteiger partial charge on any atom is -0.467 e. The van der Waals surface area contributed by atoms with Gasteiger partial charge in [0.25, 0.3) is 0 Å². The number of alkyl halides is 1. The van der Waals surface area contributed by atoms with Crippen LogP contribution in [0, 0.1) is 0 Å². The molecule has 1 aromatic carbocycles. The van der Waals surface area contributed by atoms with E-state index in [1.807, 2.05) is 36.4 Å². The van der Waals surface area contributed by atoms with Gasteiger partial charge in [-0.15, -0.1) is 0 Å². The second-order valence-corrected chi connectivity index (χ2v) is 6.41. The number of nitrogens with zero attached hydrogens (tertiary/aromatic N) is 2. The zero-order valence-electron chi connectivity index (χ0n) is 14.1. The van der Waals surface area contributed by atoms with Gasteiger partial charge in [0.2, 0.25) is 5.91 Å². The molecule has 1 aliphatic heterocycles. The van der Waals surface area contributed by atoms with Gasteiger partial charge in [-0.2, -0.15) is 0 Å². The first-order valence-electron chi connectivity index (χ1n) is 8.48. The van der Waals surface area contributed by atoms with Crippen molar-refractivity contribution in [2.24, 2.45) is 0 Å². The maximum Gasteiger partial charge on any atom is 0.237 e. The van der Waals surface area contributed by atoms with E-state index in [-0.39, 0.29) is 38.1 Å². The lowest BCUT2D eigenvalue weighted by Crippen LogP contribution is -2.42. The van der Waals surface area contributed by atoms with Crippen molar-refractivity contribution in [3.05, 3.63) is 60.1 Å². The van der Waals surface area contributed by atoms with Crippen molar-refractivity contribution in [3.63, 3.8) is 0 Å². The standard InChI is InChI=1S/C19H23FN2O3/c20-16-9-17(14-23)21(11-16)13-19(24)22(12-18-7-4-8-25-18)10-15-5-2-1-3-6-15/h1-8,16-17,23H,9-14H2/t16-,17-/m0/s1. The Balaban J connectivity index is 1.70. The van der Waals surface area contributed by atoms with Gasteiger partial charge in [0, 0.05) is 19.1 Å². The Morgan fingerprint density at radius 3 is 2.72 bits per heavy atom. The van der Waals surface area contributed by atoms with Crippen molar-refractivity contribution >= 4 is 5.91 Å². The number of likely N-dealkylation sites (tertiary alicyclic amines) is 1. The van der Waals surface area contributed by atoms with Gasteiger partial charge in [-0.25, -0.2) is 4.39 Å². The highest BCUT2D eigenvalue weighted by Crippen LogP contribution is 2.20. The zero-order valence-corrected chi connectivity index (χ0v) is 14.1. The Morgan fingerprint density at radius 2 is 2.04 bits per heavy atom. The number of carbonyl (C=O) groups excluding carboxylic acids is 1. The molecule has 25 heavy (non-hydrogen) atoms. The van der Waals surface area contributed by atoms with E-state index in [1.165, 1.54) is 0 Å². The lowest BCUT2D eigenvalue weighted by molar-refractivity contribution is -0.134. The van der Waals surface area contributed by atoms with Gasteiger partial charge < -0.3 is 14.4 Å². The van der Waals surface area contributed by atoms with Crippen LogP contribution in [-0.2, 0) is 17.9 Å². The van der Waals surface area contributed by atoms with Crippen molar-refractivity contribution in [1.29, 1.82) is 0 Å². The number of hydrogen-bond acceptors (Lipinski definition) is 4. The van der Waals surface area contributed by atoms with Crippen LogP contribution in [0.2, 0.25) is 0 Å². The van der Waals surface area contributed by atoms with E-state index in [0.717, 1.165) is 5.56 Å². The molecule has 0 saturated carbocycles. The smallest absolute Gasteiger partial charge is 0.237 e. The quantitative estimate of drug-likeness (QED) is 0.835. The minimum atomic E-state index is -0.988. The Bertz CT molecular complexity index is 663. The average molecular weight is 346 g/mol. The molecule has 0 unspecified atom stereocenters. The molecule has 2 aromatic rings. The molecule has 1 aliphatic rings. The molecule has 1 amide bonds. The minimum absolute atomic E-state index is 0.0964. The maximum atomic E-state index is 13.6. The Morgan fingerprint density at radius 1 is 1.24 bits per heavy atom. The summed E-state index contributed by atoms with van der Waals surface area (Å²) in [5, 5.41) is 9.40. The van der Waals surface area contributed by atoms with Crippen molar-refractivity contribution in [2.75, 3.05) is 19.7 Å². The number of benzene rings is 1. The molecule has 134 valence electrons. The van der Waals surface area contributed by atoms with Gasteiger partial charge >= 0.3 is 0 Å². The number of hydrogen-bond donors (Lipinski definition) is 1. The normalized spacial score (nSPS) is 20.7. The number of furan rings is 1. The highest BCUT2D eigenvalue weighted by molar-refractivity contribution is 5.78. The van der Waals surface area contributed by atoms with E-state index in [1.54, 1.807) is 22.1 Å². The number of aliphatic hydroxyl groups excluding tert-OH is 1. The molecule has 2 atom stereocenters. The molecule has 6 heteroatoms. The highest BCUT2D eigenvalue weighted by atomic mass is 19.1. The van der Waals surface area contributed by atoms with Crippen molar-refractivity contribution in [1.82, 2.24) is 9.80 Å². The van der Waals surface area contributed by atoms with E-state index < -0.39 is 6.17 Å². The first-order chi connectivity index (χ1) is 12.2. The first kappa shape index (κ1) is 17.6. The van der Waals surface area contributed by atoms with E-state index in [0.29, 0.717) is 18.8 Å². The van der Waals surface area contributed by atoms with Gasteiger partial charge in [-0.3, -0.25) is 9.69 Å². The summed E-state index contributed by atoms with van der Waals surface area (Å²) in [7, 11) is 0. The fourth-order valence-corrected chi connectivity index (χ4v) is 3.21. The van der Waals surface area contributed by atoms with Gasteiger partial charge in [-0.1, -0.05) is 30.3 Å². The van der Waals surface area contributed by atoms with Gasteiger partial charge in [0.1, 0.15) is 11.9 Å². The number of rotatable bonds is 7. The lowest BCUT2D eigenvalue weighted by atomic mass is 10.2. The summed E-state index contributed by atoms with van der Waals surface area (Å²) in [5.74, 6) is 0.598. The summed E-state index contributed by atoms with van der Waals surface area (Å²) in [4.78, 5) is 16.3. The summed E-state index contributed by atoms with van der Waals surface area (Å²) in [6.45, 7) is 0.967. The molecule has 2 heterocycles. The third-order valence-corrected chi connectivity index (χ3v) is 4.52. The van der Waals surface area contributed by atoms with Crippen LogP contribution in [0.25, 0.3) is 0 Å². The van der Waals surface area contributed by atoms with Crippen LogP contribution < -0.4 is 0 Å². The summed E-state index contributed by atoms with van der Waals surface area (Å²) in [6.07, 6.45) is 0.870. The van der Waals surface area contributed by atoms with E-state index in [2.05, 4.69) is 0 Å². The first-order valence-corrected chi connectivity index (χ1v) is 8.48. The second-order valence-electron chi connectivity index (χ2n) is 6.41. The molecule has 1 N–H and O–H groups in total. The van der Waals surface area contributed by atoms with Crippen LogP contribution >= 0.6 is 0 Å². The van der Waals surface area contributed by atoms with Gasteiger partial charge in [-0.05, 0) is 24.1 Å². The molecule has 0 aliphatic carbocycles. The van der Waals surface area contributed by atoms with Crippen LogP contribution in [0.15, 0.2) is 53.1 Å². The topological polar surface area (TPSA) is 56.9 Å². The zero-order chi connectivity index (χ0) is 17.6. The predicted octanol–water partition coefficient (Wildman–Crippen LogP) is 2.21. The van der Waals surface area contributed by atoms with Crippen LogP contribution in [0.5, 0.6) is 0 Å². The molecule has 1 fully saturated rings. The number of aliphatic hydroxyl groups is 1. The SMILES string of the molecule is O=C(CN1C[C@@H](F)C[C@H]1CO)N(Cc1ccccc1)Cc1ccco1. The van der Waals surface area contributed by atoms with E-state index in [9.17, 15) is 14.3 Å². The predicted molar refractivity (Wildman–Crippen MR) is 91.4 cm³/mol. The fourth-order valence-electron chi connectivity index (χ4n) is 3.21. The third kappa shape index (κ3) is 4.67. The average Bonchev–Trinajstić information content (AvgIpc) is 3.24. The number of halogens is 1. The van der Waals surface area contributed by atoms with Crippen LogP contribution in [0.3, 0.4) is 0 Å².